The lowest BCUT2D eigenvalue weighted by Gasteiger charge is -2.11. The molecule has 0 unspecified atom stereocenters. The molecule has 0 fully saturated rings. The summed E-state index contributed by atoms with van der Waals surface area (Å²) < 4.78 is 11.6. The van der Waals surface area contributed by atoms with Crippen molar-refractivity contribution in [3.63, 3.8) is 0 Å². The van der Waals surface area contributed by atoms with Crippen molar-refractivity contribution in [3.8, 4) is 22.6 Å². The van der Waals surface area contributed by atoms with E-state index in [0.717, 1.165) is 53.3 Å². The van der Waals surface area contributed by atoms with Crippen LogP contribution in [-0.4, -0.2) is 35.7 Å². The van der Waals surface area contributed by atoms with Crippen LogP contribution >= 0.6 is 11.3 Å². The Bertz CT molecular complexity index is 1770. The fraction of sp³-hybridized carbons (Fsp3) is 0.242. The number of aromatic hydroxyl groups is 1. The second-order valence-corrected chi connectivity index (χ2v) is 10.9. The molecule has 1 amide bonds. The number of carbonyl (C=O) groups is 2. The molecule has 8 nitrogen and oxygen atoms in total. The molecule has 0 spiro atoms. The van der Waals surface area contributed by atoms with Gasteiger partial charge in [0.05, 0.1) is 19.2 Å². The number of nitrogens with one attached hydrogen (secondary N) is 2. The number of pyridine rings is 1. The van der Waals surface area contributed by atoms with Crippen LogP contribution in [0.1, 0.15) is 48.9 Å². The lowest BCUT2D eigenvalue weighted by atomic mass is 10.0. The third-order valence-electron chi connectivity index (χ3n) is 7.14. The molecule has 0 radical (unpaired) electrons. The number of rotatable bonds is 12. The number of hydrogen-bond acceptors (Lipinski definition) is 7. The second kappa shape index (κ2) is 13.4. The van der Waals surface area contributed by atoms with Crippen LogP contribution in [0, 0.1) is 0 Å². The van der Waals surface area contributed by atoms with E-state index in [0.29, 0.717) is 35.4 Å². The third kappa shape index (κ3) is 6.63. The van der Waals surface area contributed by atoms with Crippen molar-refractivity contribution in [2.75, 3.05) is 19.0 Å². The summed E-state index contributed by atoms with van der Waals surface area (Å²) in [5, 5.41) is 17.3. The highest BCUT2D eigenvalue weighted by Crippen LogP contribution is 2.36. The molecule has 3 aromatic carbocycles. The fourth-order valence-corrected chi connectivity index (χ4v) is 5.85. The molecule has 0 aliphatic rings. The van der Waals surface area contributed by atoms with Crippen molar-refractivity contribution in [1.82, 2.24) is 4.98 Å². The summed E-state index contributed by atoms with van der Waals surface area (Å²) in [7, 11) is 1.40. The van der Waals surface area contributed by atoms with Gasteiger partial charge in [-0.15, -0.1) is 11.3 Å². The highest BCUT2D eigenvalue weighted by Gasteiger charge is 2.20. The zero-order valence-electron chi connectivity index (χ0n) is 23.3. The molecule has 216 valence electrons. The van der Waals surface area contributed by atoms with Gasteiger partial charge in [0.2, 0.25) is 0 Å². The average molecular weight is 585 g/mol. The standard InChI is InChI=1S/C33H32N2O6S/c1-40-29(36)11-5-3-2-4-8-18-41-23-15-13-22(14-16-23)34-32(38)30-31(37)25-19-21(12-17-27(25)35-33(30)39)26-20-42-28-10-7-6-9-24(26)28/h6-7,9-10,12-17,19-20H,2-5,8,11,18H2,1H3,(H,34,38)(H2,35,37,39). The Labute approximate surface area is 246 Å². The van der Waals surface area contributed by atoms with Crippen molar-refractivity contribution in [3.05, 3.63) is 88.0 Å². The first kappa shape index (κ1) is 28.9. The van der Waals surface area contributed by atoms with E-state index >= 15 is 0 Å². The number of thiophene rings is 1. The number of aromatic amines is 1. The molecule has 0 atom stereocenters. The van der Waals surface area contributed by atoms with Gasteiger partial charge in [0.25, 0.3) is 11.5 Å². The molecule has 2 heterocycles. The van der Waals surface area contributed by atoms with E-state index in [9.17, 15) is 19.5 Å². The van der Waals surface area contributed by atoms with Crippen LogP contribution < -0.4 is 15.6 Å². The molecule has 2 aromatic heterocycles. The molecule has 0 aliphatic heterocycles. The van der Waals surface area contributed by atoms with E-state index in [1.807, 2.05) is 24.3 Å². The van der Waals surface area contributed by atoms with E-state index in [1.165, 1.54) is 7.11 Å². The highest BCUT2D eigenvalue weighted by atomic mass is 32.1. The Balaban J connectivity index is 1.21. The van der Waals surface area contributed by atoms with Crippen LogP contribution in [0.25, 0.3) is 32.1 Å². The normalized spacial score (nSPS) is 11.1. The monoisotopic (exact) mass is 584 g/mol. The zero-order valence-corrected chi connectivity index (χ0v) is 24.1. The molecule has 9 heteroatoms. The second-order valence-electron chi connectivity index (χ2n) is 10.0. The Kier molecular flexibility index (Phi) is 9.18. The maximum absolute atomic E-state index is 13.1. The van der Waals surface area contributed by atoms with Gasteiger partial charge >= 0.3 is 5.97 Å². The number of esters is 1. The van der Waals surface area contributed by atoms with Crippen molar-refractivity contribution in [2.24, 2.45) is 0 Å². The first-order valence-electron chi connectivity index (χ1n) is 13.9. The number of hydrogen-bond donors (Lipinski definition) is 3. The summed E-state index contributed by atoms with van der Waals surface area (Å²) in [6.07, 6.45) is 5.19. The van der Waals surface area contributed by atoms with E-state index < -0.39 is 11.5 Å². The lowest BCUT2D eigenvalue weighted by Crippen LogP contribution is -2.23. The number of anilines is 1. The predicted octanol–water partition coefficient (Wildman–Crippen LogP) is 7.26. The summed E-state index contributed by atoms with van der Waals surface area (Å²) in [5.74, 6) is -0.574. The number of H-pyrrole nitrogens is 1. The molecule has 5 aromatic rings. The Morgan fingerprint density at radius 1 is 0.929 bits per heavy atom. The molecular weight excluding hydrogens is 552 g/mol. The molecule has 0 saturated heterocycles. The number of ether oxygens (including phenoxy) is 2. The maximum Gasteiger partial charge on any atom is 0.305 e. The van der Waals surface area contributed by atoms with Crippen molar-refractivity contribution >= 4 is 49.9 Å². The summed E-state index contributed by atoms with van der Waals surface area (Å²) in [6, 6.07) is 20.4. The predicted molar refractivity (Wildman–Crippen MR) is 167 cm³/mol. The largest absolute Gasteiger partial charge is 0.506 e. The minimum atomic E-state index is -0.706. The van der Waals surface area contributed by atoms with Gasteiger partial charge in [-0.3, -0.25) is 14.4 Å². The third-order valence-corrected chi connectivity index (χ3v) is 8.10. The molecule has 3 N–H and O–H groups in total. The van der Waals surface area contributed by atoms with Crippen LogP contribution in [0.2, 0.25) is 0 Å². The van der Waals surface area contributed by atoms with Gasteiger partial charge in [0, 0.05) is 33.1 Å². The Hall–Kier alpha value is -4.63. The first-order valence-corrected chi connectivity index (χ1v) is 14.8. The minimum absolute atomic E-state index is 0.170. The van der Waals surface area contributed by atoms with E-state index in [4.69, 9.17) is 4.74 Å². The molecule has 0 aliphatic carbocycles. The first-order chi connectivity index (χ1) is 20.4. The highest BCUT2D eigenvalue weighted by molar-refractivity contribution is 7.17. The lowest BCUT2D eigenvalue weighted by molar-refractivity contribution is -0.140. The van der Waals surface area contributed by atoms with Crippen LogP contribution in [0.4, 0.5) is 5.69 Å². The van der Waals surface area contributed by atoms with Gasteiger partial charge in [-0.05, 0) is 66.2 Å². The number of aromatic nitrogens is 1. The average Bonchev–Trinajstić information content (AvgIpc) is 3.43. The SMILES string of the molecule is COC(=O)CCCCCCCOc1ccc(NC(=O)c2c(O)c3cc(-c4csc5ccccc45)ccc3[nH]c2=O)cc1. The fourth-order valence-electron chi connectivity index (χ4n) is 4.88. The number of carbonyl (C=O) groups excluding carboxylic acids is 2. The van der Waals surface area contributed by atoms with Gasteiger partial charge in [-0.25, -0.2) is 0 Å². The van der Waals surface area contributed by atoms with Crippen molar-refractivity contribution in [1.29, 1.82) is 0 Å². The van der Waals surface area contributed by atoms with Gasteiger partial charge in [0.1, 0.15) is 17.1 Å². The van der Waals surface area contributed by atoms with E-state index in [2.05, 4.69) is 26.5 Å². The quantitative estimate of drug-likeness (QED) is 0.105. The van der Waals surface area contributed by atoms with Gasteiger partial charge in [-0.1, -0.05) is 43.5 Å². The Morgan fingerprint density at radius 3 is 2.50 bits per heavy atom. The number of benzene rings is 3. The van der Waals surface area contributed by atoms with Gasteiger partial charge in [-0.2, -0.15) is 0 Å². The van der Waals surface area contributed by atoms with Crippen LogP contribution in [0.3, 0.4) is 0 Å². The maximum atomic E-state index is 13.1. The summed E-state index contributed by atoms with van der Waals surface area (Å²) in [6.45, 7) is 0.562. The minimum Gasteiger partial charge on any atom is -0.506 e. The summed E-state index contributed by atoms with van der Waals surface area (Å²) in [5.41, 5.74) is 1.79. The van der Waals surface area contributed by atoms with Gasteiger partial charge in [0.15, 0.2) is 0 Å². The number of fused-ring (bicyclic) bond motifs is 2. The summed E-state index contributed by atoms with van der Waals surface area (Å²) in [4.78, 5) is 39.7. The molecule has 5 rings (SSSR count). The van der Waals surface area contributed by atoms with Gasteiger partial charge < -0.3 is 24.9 Å². The molecule has 0 saturated carbocycles. The number of amides is 1. The van der Waals surface area contributed by atoms with Crippen LogP contribution in [-0.2, 0) is 9.53 Å². The zero-order chi connectivity index (χ0) is 29.5. The van der Waals surface area contributed by atoms with E-state index in [1.54, 1.807) is 47.7 Å². The molecule has 0 bridgehead atoms. The molecular formula is C33H32N2O6S. The van der Waals surface area contributed by atoms with Crippen LogP contribution in [0.5, 0.6) is 11.5 Å². The summed E-state index contributed by atoms with van der Waals surface area (Å²) >= 11 is 1.63. The van der Waals surface area contributed by atoms with Crippen LogP contribution in [0.15, 0.2) is 76.9 Å². The smallest absolute Gasteiger partial charge is 0.305 e. The van der Waals surface area contributed by atoms with Crippen molar-refractivity contribution in [2.45, 2.75) is 38.5 Å². The van der Waals surface area contributed by atoms with E-state index in [-0.39, 0.29) is 17.3 Å². The Morgan fingerprint density at radius 2 is 1.69 bits per heavy atom. The topological polar surface area (TPSA) is 118 Å². The number of unbranched alkanes of at least 4 members (excludes halogenated alkanes) is 4. The molecule has 42 heavy (non-hydrogen) atoms. The van der Waals surface area contributed by atoms with Crippen molar-refractivity contribution < 1.29 is 24.2 Å². The number of methoxy groups -OCH3 is 1.